The van der Waals surface area contributed by atoms with E-state index in [-0.39, 0.29) is 5.56 Å². The summed E-state index contributed by atoms with van der Waals surface area (Å²) in [6.45, 7) is 1.75. The van der Waals surface area contributed by atoms with E-state index in [1.54, 1.807) is 6.92 Å². The number of aromatic nitrogens is 3. The van der Waals surface area contributed by atoms with Crippen LogP contribution in [0.3, 0.4) is 0 Å². The first kappa shape index (κ1) is 17.7. The highest BCUT2D eigenvalue weighted by Gasteiger charge is 2.24. The third-order valence-electron chi connectivity index (χ3n) is 4.76. The summed E-state index contributed by atoms with van der Waals surface area (Å²) in [5, 5.41) is 11.6. The molecule has 134 valence electrons. The van der Waals surface area contributed by atoms with Crippen LogP contribution in [0.2, 0.25) is 0 Å². The summed E-state index contributed by atoms with van der Waals surface area (Å²) in [5.41, 5.74) is 1.09. The number of halogens is 2. The molecule has 1 aromatic heterocycles. The minimum Gasteiger partial charge on any atom is -0.350 e. The summed E-state index contributed by atoms with van der Waals surface area (Å²) < 4.78 is 27.0. The van der Waals surface area contributed by atoms with E-state index >= 15 is 0 Å². The van der Waals surface area contributed by atoms with Crippen molar-refractivity contribution >= 4 is 5.95 Å². The van der Waals surface area contributed by atoms with E-state index in [1.165, 1.54) is 18.6 Å². The molecule has 7 heteroatoms. The van der Waals surface area contributed by atoms with Crippen molar-refractivity contribution in [2.45, 2.75) is 44.7 Å². The minimum absolute atomic E-state index is 0.204. The molecule has 0 saturated heterocycles. The van der Waals surface area contributed by atoms with Crippen LogP contribution in [-0.4, -0.2) is 46.3 Å². The fourth-order valence-corrected chi connectivity index (χ4v) is 3.34. The molecule has 25 heavy (non-hydrogen) atoms. The van der Waals surface area contributed by atoms with Gasteiger partial charge in [-0.05, 0) is 58.8 Å². The van der Waals surface area contributed by atoms with E-state index in [0.717, 1.165) is 25.3 Å². The lowest BCUT2D eigenvalue weighted by Gasteiger charge is -2.33. The van der Waals surface area contributed by atoms with Gasteiger partial charge in [-0.25, -0.2) is 13.8 Å². The van der Waals surface area contributed by atoms with Gasteiger partial charge in [-0.3, -0.25) is 0 Å². The first-order valence-electron chi connectivity index (χ1n) is 8.53. The van der Waals surface area contributed by atoms with E-state index in [4.69, 9.17) is 0 Å². The molecule has 2 aromatic rings. The Kier molecular flexibility index (Phi) is 5.22. The molecule has 0 radical (unpaired) electrons. The molecule has 1 aliphatic carbocycles. The Bertz CT molecular complexity index is 750. The van der Waals surface area contributed by atoms with Crippen molar-refractivity contribution in [3.8, 4) is 11.3 Å². The summed E-state index contributed by atoms with van der Waals surface area (Å²) >= 11 is 0. The molecule has 1 aromatic carbocycles. The quantitative estimate of drug-likeness (QED) is 0.918. The van der Waals surface area contributed by atoms with Crippen LogP contribution in [0.15, 0.2) is 18.2 Å². The van der Waals surface area contributed by atoms with E-state index in [1.807, 2.05) is 0 Å². The van der Waals surface area contributed by atoms with Crippen LogP contribution in [-0.2, 0) is 0 Å². The Morgan fingerprint density at radius 2 is 1.96 bits per heavy atom. The summed E-state index contributed by atoms with van der Waals surface area (Å²) in [6, 6.07) is 4.25. The molecule has 0 amide bonds. The molecule has 0 aliphatic heterocycles. The van der Waals surface area contributed by atoms with Gasteiger partial charge in [0.05, 0.1) is 5.69 Å². The summed E-state index contributed by atoms with van der Waals surface area (Å²) in [4.78, 5) is 6.67. The van der Waals surface area contributed by atoms with Gasteiger partial charge in [-0.2, -0.15) is 0 Å². The zero-order valence-electron chi connectivity index (χ0n) is 14.8. The van der Waals surface area contributed by atoms with Crippen molar-refractivity contribution in [3.63, 3.8) is 0 Å². The second-order valence-electron chi connectivity index (χ2n) is 6.82. The fraction of sp³-hybridized carbons (Fsp3) is 0.500. The van der Waals surface area contributed by atoms with Crippen molar-refractivity contribution < 1.29 is 8.78 Å². The smallest absolute Gasteiger partial charge is 0.243 e. The lowest BCUT2D eigenvalue weighted by atomic mass is 9.90. The van der Waals surface area contributed by atoms with Crippen LogP contribution in [0.25, 0.3) is 11.3 Å². The second kappa shape index (κ2) is 7.39. The minimum atomic E-state index is -0.666. The largest absolute Gasteiger partial charge is 0.350 e. The maximum atomic E-state index is 14.0. The van der Waals surface area contributed by atoms with Crippen molar-refractivity contribution in [2.24, 2.45) is 0 Å². The number of nitrogens with one attached hydrogen (secondary N) is 1. The predicted octanol–water partition coefficient (Wildman–Crippen LogP) is 3.41. The van der Waals surface area contributed by atoms with Crippen LogP contribution in [0.4, 0.5) is 14.7 Å². The first-order valence-corrected chi connectivity index (χ1v) is 8.53. The summed E-state index contributed by atoms with van der Waals surface area (Å²) in [7, 11) is 4.20. The molecule has 1 saturated carbocycles. The molecular formula is C18H23F2N5. The molecule has 3 rings (SSSR count). The Labute approximate surface area is 146 Å². The average molecular weight is 347 g/mol. The molecule has 0 bridgehead atoms. The predicted molar refractivity (Wildman–Crippen MR) is 93.3 cm³/mol. The van der Waals surface area contributed by atoms with Crippen molar-refractivity contribution in [2.75, 3.05) is 19.4 Å². The number of hydrogen-bond acceptors (Lipinski definition) is 5. The second-order valence-corrected chi connectivity index (χ2v) is 6.82. The zero-order valence-corrected chi connectivity index (χ0v) is 14.8. The van der Waals surface area contributed by atoms with Gasteiger partial charge in [0.15, 0.2) is 0 Å². The third kappa shape index (κ3) is 4.10. The summed E-state index contributed by atoms with van der Waals surface area (Å²) in [6.07, 6.45) is 4.46. The van der Waals surface area contributed by atoms with E-state index in [2.05, 4.69) is 39.5 Å². The van der Waals surface area contributed by atoms with Gasteiger partial charge in [-0.15, -0.1) is 10.2 Å². The molecule has 2 atom stereocenters. The molecule has 0 spiro atoms. The molecule has 1 N–H and O–H groups in total. The van der Waals surface area contributed by atoms with Crippen LogP contribution < -0.4 is 5.32 Å². The summed E-state index contributed by atoms with van der Waals surface area (Å²) in [5.74, 6) is -0.833. The molecule has 1 aliphatic rings. The van der Waals surface area contributed by atoms with Crippen LogP contribution in [0, 0.1) is 18.6 Å². The Morgan fingerprint density at radius 3 is 2.64 bits per heavy atom. The molecular weight excluding hydrogens is 324 g/mol. The number of aryl methyl sites for hydroxylation is 1. The maximum absolute atomic E-state index is 14.0. The van der Waals surface area contributed by atoms with Gasteiger partial charge in [0.25, 0.3) is 0 Å². The van der Waals surface area contributed by atoms with Gasteiger partial charge >= 0.3 is 0 Å². The highest BCUT2D eigenvalue weighted by atomic mass is 19.1. The average Bonchev–Trinajstić information content (AvgIpc) is 2.56. The number of benzene rings is 1. The van der Waals surface area contributed by atoms with E-state index < -0.39 is 11.6 Å². The van der Waals surface area contributed by atoms with E-state index in [9.17, 15) is 8.78 Å². The highest BCUT2D eigenvalue weighted by molar-refractivity contribution is 5.62. The Morgan fingerprint density at radius 1 is 1.16 bits per heavy atom. The van der Waals surface area contributed by atoms with Gasteiger partial charge in [0.1, 0.15) is 17.3 Å². The molecule has 1 fully saturated rings. The van der Waals surface area contributed by atoms with Crippen LogP contribution in [0.5, 0.6) is 0 Å². The number of hydrogen-bond donors (Lipinski definition) is 1. The van der Waals surface area contributed by atoms with E-state index in [0.29, 0.717) is 29.4 Å². The number of nitrogens with zero attached hydrogens (tertiary/aromatic N) is 4. The lowest BCUT2D eigenvalue weighted by molar-refractivity contribution is 0.219. The topological polar surface area (TPSA) is 53.9 Å². The first-order chi connectivity index (χ1) is 11.9. The molecule has 5 nitrogen and oxygen atoms in total. The fourth-order valence-electron chi connectivity index (χ4n) is 3.34. The van der Waals surface area contributed by atoms with Crippen LogP contribution >= 0.6 is 0 Å². The number of anilines is 1. The molecule has 2 unspecified atom stereocenters. The monoisotopic (exact) mass is 347 g/mol. The van der Waals surface area contributed by atoms with Gasteiger partial charge in [0, 0.05) is 23.7 Å². The van der Waals surface area contributed by atoms with Crippen molar-refractivity contribution in [1.29, 1.82) is 0 Å². The standard InChI is InChI=1S/C18H23F2N5/c1-11-17(15-8-7-12(19)9-16(15)20)23-24-18(21-11)22-13-5-4-6-14(10-13)25(2)3/h7-9,13-14H,4-6,10H2,1-3H3,(H,21,22,24). The van der Waals surface area contributed by atoms with Crippen LogP contribution in [0.1, 0.15) is 31.4 Å². The SMILES string of the molecule is Cc1nc(NC2CCCC(N(C)C)C2)nnc1-c1ccc(F)cc1F. The zero-order chi connectivity index (χ0) is 18.0. The Balaban J connectivity index is 1.76. The third-order valence-corrected chi connectivity index (χ3v) is 4.76. The van der Waals surface area contributed by atoms with Gasteiger partial charge < -0.3 is 10.2 Å². The Hall–Kier alpha value is -2.15. The van der Waals surface area contributed by atoms with Gasteiger partial charge in [-0.1, -0.05) is 0 Å². The normalized spacial score (nSPS) is 20.7. The van der Waals surface area contributed by atoms with Gasteiger partial charge in [0.2, 0.25) is 5.95 Å². The maximum Gasteiger partial charge on any atom is 0.243 e. The highest BCUT2D eigenvalue weighted by Crippen LogP contribution is 2.26. The van der Waals surface area contributed by atoms with Crippen molar-refractivity contribution in [3.05, 3.63) is 35.5 Å². The lowest BCUT2D eigenvalue weighted by Crippen LogP contribution is -2.38. The van der Waals surface area contributed by atoms with Crippen molar-refractivity contribution in [1.82, 2.24) is 20.1 Å². The molecule has 1 heterocycles. The number of rotatable bonds is 4.